The first-order chi connectivity index (χ1) is 10.2. The molecule has 0 aliphatic heterocycles. The standard InChI is InChI=1S/C15H11N3O2S/c19-18(20)11-7-5-10(6-8-11)12-9-17-13-3-1-2-4-14(13)21-15(17)16-12/h1-9,18-19H. The zero-order chi connectivity index (χ0) is 14.4. The first kappa shape index (κ1) is 12.5. The number of quaternary nitrogens is 1. The fourth-order valence-electron chi connectivity index (χ4n) is 2.37. The molecule has 5 nitrogen and oxygen atoms in total. The number of rotatable bonds is 2. The third kappa shape index (κ3) is 2.01. The lowest BCUT2D eigenvalue weighted by molar-refractivity contribution is -0.991. The Kier molecular flexibility index (Phi) is 2.76. The molecule has 2 aromatic carbocycles. The number of hydrogen-bond acceptors (Lipinski definition) is 4. The van der Waals surface area contributed by atoms with Crippen LogP contribution in [0.2, 0.25) is 0 Å². The van der Waals surface area contributed by atoms with Gasteiger partial charge in [-0.2, -0.15) is 5.23 Å². The summed E-state index contributed by atoms with van der Waals surface area (Å²) in [4.78, 5) is 5.57. The smallest absolute Gasteiger partial charge is 0.195 e. The zero-order valence-electron chi connectivity index (χ0n) is 10.9. The summed E-state index contributed by atoms with van der Waals surface area (Å²) < 4.78 is 3.27. The molecule has 1 atom stereocenters. The summed E-state index contributed by atoms with van der Waals surface area (Å²) in [5, 5.41) is 18.9. The molecule has 21 heavy (non-hydrogen) atoms. The van der Waals surface area contributed by atoms with Crippen molar-refractivity contribution in [1.82, 2.24) is 9.38 Å². The maximum Gasteiger partial charge on any atom is 0.195 e. The second kappa shape index (κ2) is 4.64. The monoisotopic (exact) mass is 297 g/mol. The number of para-hydroxylation sites is 1. The minimum Gasteiger partial charge on any atom is -0.595 e. The molecule has 0 spiro atoms. The van der Waals surface area contributed by atoms with Crippen LogP contribution in [-0.2, 0) is 0 Å². The van der Waals surface area contributed by atoms with E-state index in [1.54, 1.807) is 35.6 Å². The van der Waals surface area contributed by atoms with E-state index in [0.717, 1.165) is 21.7 Å². The maximum atomic E-state index is 10.9. The molecule has 0 radical (unpaired) electrons. The molecule has 0 amide bonds. The molecule has 0 aliphatic carbocycles. The van der Waals surface area contributed by atoms with Gasteiger partial charge in [-0.05, 0) is 24.3 Å². The van der Waals surface area contributed by atoms with Gasteiger partial charge >= 0.3 is 0 Å². The van der Waals surface area contributed by atoms with Crippen molar-refractivity contribution in [1.29, 1.82) is 0 Å². The van der Waals surface area contributed by atoms with E-state index in [4.69, 9.17) is 5.21 Å². The number of benzene rings is 2. The van der Waals surface area contributed by atoms with Gasteiger partial charge in [-0.15, -0.1) is 0 Å². The fraction of sp³-hybridized carbons (Fsp3) is 0. The number of imidazole rings is 1. The summed E-state index contributed by atoms with van der Waals surface area (Å²) in [5.74, 6) is 0. The van der Waals surface area contributed by atoms with Crippen LogP contribution in [0, 0.1) is 5.21 Å². The molecule has 4 rings (SSSR count). The average Bonchev–Trinajstić information content (AvgIpc) is 3.05. The Morgan fingerprint density at radius 2 is 1.86 bits per heavy atom. The van der Waals surface area contributed by atoms with E-state index in [0.29, 0.717) is 0 Å². The minimum atomic E-state index is -0.918. The van der Waals surface area contributed by atoms with Crippen molar-refractivity contribution in [2.24, 2.45) is 0 Å². The molecule has 0 bridgehead atoms. The molecule has 0 saturated carbocycles. The van der Waals surface area contributed by atoms with Gasteiger partial charge in [0, 0.05) is 23.9 Å². The molecular formula is C15H11N3O2S. The normalized spacial score (nSPS) is 13.0. The van der Waals surface area contributed by atoms with Crippen LogP contribution in [0.4, 0.5) is 5.69 Å². The van der Waals surface area contributed by atoms with Crippen LogP contribution in [-0.4, -0.2) is 14.6 Å². The van der Waals surface area contributed by atoms with Crippen LogP contribution >= 0.6 is 11.3 Å². The largest absolute Gasteiger partial charge is 0.595 e. The molecule has 0 aliphatic rings. The third-order valence-electron chi connectivity index (χ3n) is 3.43. The van der Waals surface area contributed by atoms with Crippen molar-refractivity contribution in [3.05, 3.63) is 59.9 Å². The lowest BCUT2D eigenvalue weighted by Crippen LogP contribution is -2.99. The second-order valence-corrected chi connectivity index (χ2v) is 5.74. The first-order valence-electron chi connectivity index (χ1n) is 6.43. The van der Waals surface area contributed by atoms with E-state index in [2.05, 4.69) is 21.5 Å². The third-order valence-corrected chi connectivity index (χ3v) is 4.46. The Morgan fingerprint density at radius 3 is 2.62 bits per heavy atom. The quantitative estimate of drug-likeness (QED) is 0.559. The van der Waals surface area contributed by atoms with Crippen LogP contribution in [0.3, 0.4) is 0 Å². The average molecular weight is 297 g/mol. The number of nitrogens with one attached hydrogen (secondary N) is 1. The molecule has 2 heterocycles. The van der Waals surface area contributed by atoms with Crippen molar-refractivity contribution in [3.63, 3.8) is 0 Å². The number of nitrogens with zero attached hydrogens (tertiary/aromatic N) is 2. The molecular weight excluding hydrogens is 286 g/mol. The molecule has 6 heteroatoms. The Morgan fingerprint density at radius 1 is 1.10 bits per heavy atom. The van der Waals surface area contributed by atoms with E-state index < -0.39 is 5.23 Å². The van der Waals surface area contributed by atoms with Gasteiger partial charge in [0.15, 0.2) is 10.6 Å². The molecule has 0 saturated heterocycles. The molecule has 0 fully saturated rings. The molecule has 2 N–H and O–H groups in total. The van der Waals surface area contributed by atoms with Crippen molar-refractivity contribution in [3.8, 4) is 11.3 Å². The first-order valence-corrected chi connectivity index (χ1v) is 7.24. The van der Waals surface area contributed by atoms with E-state index in [1.165, 1.54) is 4.70 Å². The van der Waals surface area contributed by atoms with Gasteiger partial charge in [0.25, 0.3) is 0 Å². The summed E-state index contributed by atoms with van der Waals surface area (Å²) in [6, 6.07) is 15.0. The van der Waals surface area contributed by atoms with Gasteiger partial charge in [-0.25, -0.2) is 10.2 Å². The van der Waals surface area contributed by atoms with Crippen molar-refractivity contribution >= 4 is 32.2 Å². The van der Waals surface area contributed by atoms with Crippen molar-refractivity contribution < 1.29 is 10.4 Å². The molecule has 1 unspecified atom stereocenters. The highest BCUT2D eigenvalue weighted by Gasteiger charge is 2.10. The molecule has 4 aromatic rings. The lowest BCUT2D eigenvalue weighted by atomic mass is 10.1. The summed E-state index contributed by atoms with van der Waals surface area (Å²) in [6.07, 6.45) is 1.99. The Balaban J connectivity index is 1.83. The van der Waals surface area contributed by atoms with Crippen LogP contribution in [0.1, 0.15) is 0 Å². The Bertz CT molecular complexity index is 925. The van der Waals surface area contributed by atoms with Gasteiger partial charge in [0.05, 0.1) is 15.9 Å². The Hall–Kier alpha value is -2.25. The van der Waals surface area contributed by atoms with Gasteiger partial charge in [-0.1, -0.05) is 23.5 Å². The predicted octanol–water partition coefficient (Wildman–Crippen LogP) is 2.62. The summed E-state index contributed by atoms with van der Waals surface area (Å²) >= 11 is 1.64. The van der Waals surface area contributed by atoms with Gasteiger partial charge in [0.1, 0.15) is 0 Å². The number of hydrogen-bond donors (Lipinski definition) is 2. The number of aromatic nitrogens is 2. The highest BCUT2D eigenvalue weighted by Crippen LogP contribution is 2.29. The molecule has 104 valence electrons. The van der Waals surface area contributed by atoms with E-state index in [-0.39, 0.29) is 5.69 Å². The second-order valence-electron chi connectivity index (χ2n) is 4.73. The minimum absolute atomic E-state index is 0.283. The van der Waals surface area contributed by atoms with Crippen LogP contribution in [0.15, 0.2) is 54.7 Å². The van der Waals surface area contributed by atoms with Crippen molar-refractivity contribution in [2.75, 3.05) is 0 Å². The Labute approximate surface area is 123 Å². The predicted molar refractivity (Wildman–Crippen MR) is 81.8 cm³/mol. The lowest BCUT2D eigenvalue weighted by Gasteiger charge is -2.11. The highest BCUT2D eigenvalue weighted by molar-refractivity contribution is 7.23. The van der Waals surface area contributed by atoms with Gasteiger partial charge < -0.3 is 5.21 Å². The SMILES string of the molecule is [O-][NH+](O)c1ccc(-c2cn3c(n2)sc2ccccc23)cc1. The topological polar surface area (TPSA) is 65.0 Å². The zero-order valence-corrected chi connectivity index (χ0v) is 11.7. The maximum absolute atomic E-state index is 10.9. The molecule has 2 aromatic heterocycles. The van der Waals surface area contributed by atoms with Crippen LogP contribution < -0.4 is 5.23 Å². The van der Waals surface area contributed by atoms with E-state index >= 15 is 0 Å². The summed E-state index contributed by atoms with van der Waals surface area (Å²) in [6.45, 7) is 0. The van der Waals surface area contributed by atoms with Crippen LogP contribution in [0.5, 0.6) is 0 Å². The van der Waals surface area contributed by atoms with E-state index in [1.807, 2.05) is 18.3 Å². The summed E-state index contributed by atoms with van der Waals surface area (Å²) in [5.41, 5.74) is 3.19. The van der Waals surface area contributed by atoms with E-state index in [9.17, 15) is 5.21 Å². The van der Waals surface area contributed by atoms with Gasteiger partial charge in [-0.3, -0.25) is 4.40 Å². The highest BCUT2D eigenvalue weighted by atomic mass is 32.1. The summed E-state index contributed by atoms with van der Waals surface area (Å²) in [7, 11) is 0. The number of fused-ring (bicyclic) bond motifs is 3. The van der Waals surface area contributed by atoms with Gasteiger partial charge in [0.2, 0.25) is 0 Å². The fourth-order valence-corrected chi connectivity index (χ4v) is 3.38. The van der Waals surface area contributed by atoms with Crippen molar-refractivity contribution in [2.45, 2.75) is 0 Å². The number of thiazole rings is 1. The van der Waals surface area contributed by atoms with Crippen LogP contribution in [0.25, 0.3) is 26.4 Å².